The lowest BCUT2D eigenvalue weighted by Gasteiger charge is -2.23. The molecule has 0 radical (unpaired) electrons. The number of nitrogen functional groups attached to an aromatic ring is 1. The summed E-state index contributed by atoms with van der Waals surface area (Å²) in [5.41, 5.74) is 10.7. The number of hydrogen-bond acceptors (Lipinski definition) is 4. The Kier molecular flexibility index (Phi) is 4.28. The van der Waals surface area contributed by atoms with Gasteiger partial charge in [-0.25, -0.2) is 4.98 Å². The third-order valence-electron chi connectivity index (χ3n) is 4.54. The van der Waals surface area contributed by atoms with Gasteiger partial charge in [0.25, 0.3) is 5.82 Å². The number of rotatable bonds is 3. The number of aromatic nitrogens is 1. The number of nitrogens with one attached hydrogen (secondary N) is 2. The Morgan fingerprint density at radius 2 is 2.00 bits per heavy atom. The zero-order valence-electron chi connectivity index (χ0n) is 14.2. The standard InChI is InChI=1S/C18H20N4O2/c1-22-7-6-14-13(10-22)17(12(9-19)18(20)21-14)11-4-5-15(23-2)16(8-11)24-3/h4-5,8H,6-7,10H2,1-3H3,(H2,20,21)/p+2. The number of anilines is 1. The minimum absolute atomic E-state index is 0.417. The van der Waals surface area contributed by atoms with Gasteiger partial charge in [0.05, 0.1) is 39.8 Å². The van der Waals surface area contributed by atoms with Gasteiger partial charge in [-0.3, -0.25) is 5.73 Å². The SMILES string of the molecule is COc1ccc(-c2c(C#N)c(N)[nH+]c3c2C[NH+](C)CC3)cc1OC. The average molecular weight is 326 g/mol. The average Bonchev–Trinajstić information content (AvgIpc) is 2.60. The molecule has 1 atom stereocenters. The van der Waals surface area contributed by atoms with E-state index in [0.717, 1.165) is 41.9 Å². The van der Waals surface area contributed by atoms with Crippen LogP contribution in [0.4, 0.5) is 5.82 Å². The van der Waals surface area contributed by atoms with Gasteiger partial charge < -0.3 is 14.4 Å². The summed E-state index contributed by atoms with van der Waals surface area (Å²) in [6, 6.07) is 7.96. The molecule has 0 amide bonds. The molecule has 0 aliphatic carbocycles. The number of H-pyrrole nitrogens is 1. The predicted molar refractivity (Wildman–Crippen MR) is 89.8 cm³/mol. The van der Waals surface area contributed by atoms with Gasteiger partial charge in [0, 0.05) is 5.56 Å². The molecule has 1 aromatic carbocycles. The van der Waals surface area contributed by atoms with E-state index in [2.05, 4.69) is 18.1 Å². The van der Waals surface area contributed by atoms with Gasteiger partial charge in [0.2, 0.25) is 0 Å². The predicted octanol–water partition coefficient (Wildman–Crippen LogP) is 0.210. The van der Waals surface area contributed by atoms with Crippen LogP contribution in [0.5, 0.6) is 11.5 Å². The Hall–Kier alpha value is -2.78. The maximum atomic E-state index is 9.64. The molecule has 1 unspecified atom stereocenters. The number of nitriles is 1. The largest absolute Gasteiger partial charge is 0.493 e. The molecule has 24 heavy (non-hydrogen) atoms. The highest BCUT2D eigenvalue weighted by molar-refractivity contribution is 5.79. The van der Waals surface area contributed by atoms with Crippen LogP contribution in [0.2, 0.25) is 0 Å². The number of quaternary nitrogens is 1. The van der Waals surface area contributed by atoms with Crippen LogP contribution in [0, 0.1) is 11.3 Å². The molecule has 6 heteroatoms. The number of nitrogens with two attached hydrogens (primary N) is 1. The first-order valence-corrected chi connectivity index (χ1v) is 7.89. The van der Waals surface area contributed by atoms with Gasteiger partial charge in [-0.1, -0.05) is 6.07 Å². The maximum absolute atomic E-state index is 9.64. The number of hydrogen-bond donors (Lipinski definition) is 2. The first kappa shape index (κ1) is 16.1. The van der Waals surface area contributed by atoms with Gasteiger partial charge in [-0.2, -0.15) is 5.26 Å². The van der Waals surface area contributed by atoms with Crippen LogP contribution in [0.15, 0.2) is 18.2 Å². The Bertz CT molecular complexity index is 827. The summed E-state index contributed by atoms with van der Waals surface area (Å²) in [6.45, 7) is 1.89. The van der Waals surface area contributed by atoms with Crippen LogP contribution in [0.25, 0.3) is 11.1 Å². The van der Waals surface area contributed by atoms with Crippen molar-refractivity contribution in [2.24, 2.45) is 0 Å². The third-order valence-corrected chi connectivity index (χ3v) is 4.54. The van der Waals surface area contributed by atoms with Crippen molar-refractivity contribution in [3.63, 3.8) is 0 Å². The molecular formula is C18H22N4O2+2. The summed E-state index contributed by atoms with van der Waals surface area (Å²) in [5.74, 6) is 1.71. The zero-order chi connectivity index (χ0) is 17.3. The van der Waals surface area contributed by atoms with E-state index in [9.17, 15) is 5.26 Å². The highest BCUT2D eigenvalue weighted by Crippen LogP contribution is 2.36. The first-order chi connectivity index (χ1) is 11.6. The monoisotopic (exact) mass is 326 g/mol. The molecule has 6 nitrogen and oxygen atoms in total. The lowest BCUT2D eigenvalue weighted by atomic mass is 9.91. The van der Waals surface area contributed by atoms with Crippen molar-refractivity contribution in [1.82, 2.24) is 0 Å². The molecule has 0 saturated heterocycles. The van der Waals surface area contributed by atoms with Crippen molar-refractivity contribution in [3.8, 4) is 28.7 Å². The van der Waals surface area contributed by atoms with E-state index in [1.54, 1.807) is 14.2 Å². The molecule has 0 spiro atoms. The molecule has 4 N–H and O–H groups in total. The fraction of sp³-hybridized carbons (Fsp3) is 0.333. The van der Waals surface area contributed by atoms with Crippen LogP contribution in [-0.2, 0) is 13.0 Å². The first-order valence-electron chi connectivity index (χ1n) is 7.89. The molecule has 1 aliphatic rings. The van der Waals surface area contributed by atoms with Gasteiger partial charge >= 0.3 is 0 Å². The molecule has 0 bridgehead atoms. The molecule has 3 rings (SSSR count). The fourth-order valence-electron chi connectivity index (χ4n) is 3.30. The lowest BCUT2D eigenvalue weighted by Crippen LogP contribution is -3.08. The number of nitrogens with zero attached hydrogens (tertiary/aromatic N) is 1. The molecule has 2 aromatic rings. The van der Waals surface area contributed by atoms with Crippen molar-refractivity contribution in [1.29, 1.82) is 5.26 Å². The zero-order valence-corrected chi connectivity index (χ0v) is 14.2. The summed E-state index contributed by atoms with van der Waals surface area (Å²) >= 11 is 0. The van der Waals surface area contributed by atoms with Crippen molar-refractivity contribution in [2.45, 2.75) is 13.0 Å². The summed E-state index contributed by atoms with van der Waals surface area (Å²) in [7, 11) is 5.37. The van der Waals surface area contributed by atoms with E-state index < -0.39 is 0 Å². The Labute approximate surface area is 141 Å². The van der Waals surface area contributed by atoms with Crippen LogP contribution in [0.1, 0.15) is 16.8 Å². The maximum Gasteiger partial charge on any atom is 0.289 e. The summed E-state index contributed by atoms with van der Waals surface area (Å²) < 4.78 is 10.7. The van der Waals surface area contributed by atoms with Crippen LogP contribution in [-0.4, -0.2) is 27.8 Å². The molecule has 1 aromatic heterocycles. The van der Waals surface area contributed by atoms with Gasteiger partial charge in [-0.15, -0.1) is 0 Å². The second-order valence-electron chi connectivity index (χ2n) is 6.06. The fourth-order valence-corrected chi connectivity index (χ4v) is 3.30. The molecule has 1 aliphatic heterocycles. The number of aromatic amines is 1. The van der Waals surface area contributed by atoms with Crippen molar-refractivity contribution >= 4 is 5.82 Å². The second kappa shape index (κ2) is 6.38. The minimum Gasteiger partial charge on any atom is -0.493 e. The van der Waals surface area contributed by atoms with E-state index in [0.29, 0.717) is 22.9 Å². The number of likely N-dealkylation sites (N-methyl/N-ethyl adjacent to an activating group) is 1. The highest BCUT2D eigenvalue weighted by Gasteiger charge is 2.29. The molecule has 2 heterocycles. The van der Waals surface area contributed by atoms with Crippen LogP contribution < -0.4 is 25.1 Å². The van der Waals surface area contributed by atoms with E-state index in [4.69, 9.17) is 15.2 Å². The van der Waals surface area contributed by atoms with Crippen molar-refractivity contribution in [2.75, 3.05) is 33.5 Å². The van der Waals surface area contributed by atoms with Crippen LogP contribution in [0.3, 0.4) is 0 Å². The smallest absolute Gasteiger partial charge is 0.289 e. The normalized spacial score (nSPS) is 16.2. The van der Waals surface area contributed by atoms with Crippen molar-refractivity contribution < 1.29 is 19.4 Å². The number of benzene rings is 1. The Balaban J connectivity index is 2.27. The topological polar surface area (TPSA) is 86.8 Å². The molecular weight excluding hydrogens is 304 g/mol. The number of fused-ring (bicyclic) bond motifs is 1. The minimum atomic E-state index is 0.417. The molecule has 0 fully saturated rings. The molecule has 0 saturated carbocycles. The number of methoxy groups -OCH3 is 2. The van der Waals surface area contributed by atoms with Gasteiger partial charge in [-0.05, 0) is 17.7 Å². The summed E-state index contributed by atoms with van der Waals surface area (Å²) in [6.07, 6.45) is 0.914. The quantitative estimate of drug-likeness (QED) is 0.844. The summed E-state index contributed by atoms with van der Waals surface area (Å²) in [5, 5.41) is 9.64. The van der Waals surface area contributed by atoms with E-state index >= 15 is 0 Å². The van der Waals surface area contributed by atoms with Crippen LogP contribution >= 0.6 is 0 Å². The van der Waals surface area contributed by atoms with Gasteiger partial charge in [0.1, 0.15) is 23.9 Å². The van der Waals surface area contributed by atoms with E-state index in [1.807, 2.05) is 18.2 Å². The lowest BCUT2D eigenvalue weighted by molar-refractivity contribution is -0.896. The highest BCUT2D eigenvalue weighted by atomic mass is 16.5. The Morgan fingerprint density at radius 1 is 1.25 bits per heavy atom. The second-order valence-corrected chi connectivity index (χ2v) is 6.06. The number of ether oxygens (including phenoxy) is 2. The summed E-state index contributed by atoms with van der Waals surface area (Å²) in [4.78, 5) is 4.62. The number of pyridine rings is 1. The Morgan fingerprint density at radius 3 is 2.67 bits per heavy atom. The van der Waals surface area contributed by atoms with Crippen molar-refractivity contribution in [3.05, 3.63) is 35.0 Å². The third kappa shape index (κ3) is 2.63. The van der Waals surface area contributed by atoms with E-state index in [1.165, 1.54) is 4.90 Å². The van der Waals surface area contributed by atoms with Gasteiger partial charge in [0.15, 0.2) is 11.5 Å². The molecule has 124 valence electrons. The van der Waals surface area contributed by atoms with E-state index in [-0.39, 0.29) is 0 Å².